The zero-order chi connectivity index (χ0) is 25.3. The Bertz CT molecular complexity index is 940. The number of benzene rings is 2. The van der Waals surface area contributed by atoms with Gasteiger partial charge in [0, 0.05) is 25.7 Å². The van der Waals surface area contributed by atoms with E-state index in [4.69, 9.17) is 18.9 Å². The van der Waals surface area contributed by atoms with Gasteiger partial charge in [-0.2, -0.15) is 0 Å². The van der Waals surface area contributed by atoms with Gasteiger partial charge in [-0.15, -0.1) is 0 Å². The molecular weight excluding hydrogens is 475 g/mol. The Hall–Kier alpha value is -2.68. The predicted molar refractivity (Wildman–Crippen MR) is 128 cm³/mol. The maximum atomic E-state index is 11.9. The zero-order valence-corrected chi connectivity index (χ0v) is 23.0. The third kappa shape index (κ3) is 14.7. The van der Waals surface area contributed by atoms with Crippen molar-refractivity contribution in [3.63, 3.8) is 0 Å². The zero-order valence-electron chi connectivity index (χ0n) is 22.0. The molecule has 36 heavy (non-hydrogen) atoms. The van der Waals surface area contributed by atoms with Gasteiger partial charge >= 0.3 is 53.4 Å². The van der Waals surface area contributed by atoms with Crippen LogP contribution in [-0.2, 0) is 51.3 Å². The van der Waals surface area contributed by atoms with E-state index in [9.17, 15) is 19.2 Å². The van der Waals surface area contributed by atoms with Crippen LogP contribution in [0, 0.1) is 0 Å². The molecule has 2 aromatic rings. The largest absolute Gasteiger partial charge is 1.00 e. The summed E-state index contributed by atoms with van der Waals surface area (Å²) in [5.74, 6) is -1.73. The van der Waals surface area contributed by atoms with Crippen molar-refractivity contribution in [2.75, 3.05) is 6.61 Å². The number of hydrogen-bond donors (Lipinski definition) is 0. The molecule has 1 unspecified atom stereocenters. The molecule has 0 aliphatic heterocycles. The van der Waals surface area contributed by atoms with Gasteiger partial charge in [-0.05, 0) is 30.9 Å². The van der Waals surface area contributed by atoms with E-state index < -0.39 is 18.0 Å². The molecule has 190 valence electrons. The van der Waals surface area contributed by atoms with Crippen molar-refractivity contribution in [3.05, 3.63) is 71.8 Å². The van der Waals surface area contributed by atoms with E-state index in [2.05, 4.69) is 0 Å². The number of rotatable bonds is 15. The van der Waals surface area contributed by atoms with Crippen LogP contribution in [0.15, 0.2) is 60.7 Å². The average Bonchev–Trinajstić information content (AvgIpc) is 2.86. The second-order valence-electron chi connectivity index (χ2n) is 7.98. The molecule has 2 rings (SSSR count). The average molecular weight is 509 g/mol. The predicted octanol–water partition coefficient (Wildman–Crippen LogP) is 1.41. The number of hydrogen-bond acceptors (Lipinski definition) is 8. The van der Waals surface area contributed by atoms with Crippen LogP contribution < -0.4 is 29.6 Å². The van der Waals surface area contributed by atoms with Crippen molar-refractivity contribution in [2.24, 2.45) is 0 Å². The molecule has 0 bridgehead atoms. The fourth-order valence-corrected chi connectivity index (χ4v) is 2.97. The van der Waals surface area contributed by atoms with E-state index >= 15 is 0 Å². The third-order valence-corrected chi connectivity index (χ3v) is 4.82. The fraction of sp³-hybridized carbons (Fsp3) is 0.407. The first-order valence-corrected chi connectivity index (χ1v) is 11.7. The number of carbonyl (C=O) groups is 4. The fourth-order valence-electron chi connectivity index (χ4n) is 2.97. The Kier molecular flexibility index (Phi) is 16.2. The molecule has 0 spiro atoms. The molecule has 0 heterocycles. The van der Waals surface area contributed by atoms with Gasteiger partial charge in [0.2, 0.25) is 0 Å². The van der Waals surface area contributed by atoms with Crippen molar-refractivity contribution < 1.29 is 69.1 Å². The van der Waals surface area contributed by atoms with Crippen molar-refractivity contribution in [3.8, 4) is 0 Å². The van der Waals surface area contributed by atoms with E-state index in [1.807, 2.05) is 60.7 Å². The van der Waals surface area contributed by atoms with E-state index in [0.29, 0.717) is 12.8 Å². The molecule has 2 aromatic carbocycles. The second kappa shape index (κ2) is 18.6. The first-order valence-electron chi connectivity index (χ1n) is 11.7. The Morgan fingerprint density at radius 1 is 0.639 bits per heavy atom. The van der Waals surface area contributed by atoms with E-state index in [1.165, 1.54) is 0 Å². The molecule has 0 aromatic heterocycles. The Morgan fingerprint density at radius 3 is 1.47 bits per heavy atom. The monoisotopic (exact) mass is 508 g/mol. The molecule has 0 radical (unpaired) electrons. The summed E-state index contributed by atoms with van der Waals surface area (Å²) in [6.45, 7) is 1.92. The molecule has 1 atom stereocenters. The molecule has 0 saturated carbocycles. The van der Waals surface area contributed by atoms with Crippen molar-refractivity contribution in [1.29, 1.82) is 0 Å². The van der Waals surface area contributed by atoms with E-state index in [1.54, 1.807) is 6.92 Å². The minimum absolute atomic E-state index is 0. The van der Waals surface area contributed by atoms with Crippen LogP contribution in [0.3, 0.4) is 0 Å². The standard InChI is InChI=1S/C27H32O8.Na.H/c1-21(35-27(31)17-9-16-26(30)34-20-23-12-6-3-7-13-23)18-32-24(28)14-8-15-25(29)33-19-22-10-4-2-5-11-22;;/h2-7,10-13,21H,8-9,14-20H2,1H3;;/q;+1;-1. The molecule has 9 heteroatoms. The van der Waals surface area contributed by atoms with Crippen LogP contribution in [0.25, 0.3) is 0 Å². The van der Waals surface area contributed by atoms with Gasteiger partial charge in [-0.3, -0.25) is 19.2 Å². The number of ether oxygens (including phenoxy) is 4. The Labute approximate surface area is 235 Å². The van der Waals surface area contributed by atoms with Gasteiger partial charge in [0.05, 0.1) is 0 Å². The summed E-state index contributed by atoms with van der Waals surface area (Å²) < 4.78 is 20.6. The molecule has 0 aliphatic carbocycles. The van der Waals surface area contributed by atoms with Gasteiger partial charge in [0.1, 0.15) is 25.9 Å². The Balaban J connectivity index is 0.00000648. The molecule has 8 nitrogen and oxygen atoms in total. The first-order chi connectivity index (χ1) is 16.9. The summed E-state index contributed by atoms with van der Waals surface area (Å²) in [4.78, 5) is 47.3. The normalized spacial score (nSPS) is 10.9. The van der Waals surface area contributed by atoms with Crippen LogP contribution in [-0.4, -0.2) is 36.6 Å². The minimum atomic E-state index is -0.618. The van der Waals surface area contributed by atoms with E-state index in [0.717, 1.165) is 11.1 Å². The number of esters is 4. The maximum Gasteiger partial charge on any atom is 1.00 e. The Morgan fingerprint density at radius 2 is 1.03 bits per heavy atom. The molecule has 0 aliphatic rings. The van der Waals surface area contributed by atoms with Gasteiger partial charge in [-0.25, -0.2) is 0 Å². The van der Waals surface area contributed by atoms with Crippen molar-refractivity contribution in [2.45, 2.75) is 64.8 Å². The molecule has 0 saturated heterocycles. The quantitative estimate of drug-likeness (QED) is 0.202. The van der Waals surface area contributed by atoms with Crippen LogP contribution in [0.4, 0.5) is 0 Å². The van der Waals surface area contributed by atoms with Crippen molar-refractivity contribution in [1.82, 2.24) is 0 Å². The molecule has 0 amide bonds. The summed E-state index contributed by atoms with van der Waals surface area (Å²) >= 11 is 0. The summed E-state index contributed by atoms with van der Waals surface area (Å²) in [6.07, 6.45) is 0.336. The van der Waals surface area contributed by atoms with Crippen LogP contribution >= 0.6 is 0 Å². The van der Waals surface area contributed by atoms with Gasteiger partial charge in [0.25, 0.3) is 0 Å². The molecule has 0 fully saturated rings. The van der Waals surface area contributed by atoms with Crippen LogP contribution in [0.5, 0.6) is 0 Å². The van der Waals surface area contributed by atoms with Crippen LogP contribution in [0.1, 0.15) is 58.0 Å². The summed E-state index contributed by atoms with van der Waals surface area (Å²) in [6, 6.07) is 18.7. The molecule has 0 N–H and O–H groups in total. The van der Waals surface area contributed by atoms with Gasteiger partial charge in [0.15, 0.2) is 0 Å². The van der Waals surface area contributed by atoms with Gasteiger partial charge < -0.3 is 20.4 Å². The number of carbonyl (C=O) groups excluding carboxylic acids is 4. The van der Waals surface area contributed by atoms with E-state index in [-0.39, 0.29) is 88.4 Å². The molecular formula is C27H33NaO8. The third-order valence-electron chi connectivity index (χ3n) is 4.82. The first kappa shape index (κ1) is 31.4. The van der Waals surface area contributed by atoms with Gasteiger partial charge in [-0.1, -0.05) is 60.7 Å². The maximum absolute atomic E-state index is 11.9. The minimum Gasteiger partial charge on any atom is -1.00 e. The SMILES string of the molecule is CC(COC(=O)CCCC(=O)OCc1ccccc1)OC(=O)CCCC(=O)OCc1ccccc1.[H-].[Na+]. The summed E-state index contributed by atoms with van der Waals surface area (Å²) in [5.41, 5.74) is 1.79. The topological polar surface area (TPSA) is 105 Å². The smallest absolute Gasteiger partial charge is 1.00 e. The van der Waals surface area contributed by atoms with Crippen molar-refractivity contribution >= 4 is 23.9 Å². The van der Waals surface area contributed by atoms with Crippen LogP contribution in [0.2, 0.25) is 0 Å². The summed E-state index contributed by atoms with van der Waals surface area (Å²) in [5, 5.41) is 0. The second-order valence-corrected chi connectivity index (χ2v) is 7.98. The summed E-state index contributed by atoms with van der Waals surface area (Å²) in [7, 11) is 0.